The average molecular weight is 522 g/mol. The van der Waals surface area contributed by atoms with E-state index in [1.54, 1.807) is 18.2 Å². The summed E-state index contributed by atoms with van der Waals surface area (Å²) >= 11 is 7.89. The molecule has 2 aromatic heterocycles. The lowest BCUT2D eigenvalue weighted by atomic mass is 10.0. The molecule has 10 heteroatoms. The number of hydrogen-bond donors (Lipinski definition) is 1. The summed E-state index contributed by atoms with van der Waals surface area (Å²) in [6.45, 7) is 2.91. The van der Waals surface area contributed by atoms with Crippen molar-refractivity contribution in [3.63, 3.8) is 0 Å². The van der Waals surface area contributed by atoms with Gasteiger partial charge in [-0.15, -0.1) is 11.3 Å². The van der Waals surface area contributed by atoms with Crippen LogP contribution in [0.3, 0.4) is 0 Å². The highest BCUT2D eigenvalue weighted by Gasteiger charge is 2.35. The fraction of sp³-hybridized carbons (Fsp3) is 0.160. The van der Waals surface area contributed by atoms with Crippen LogP contribution in [0.2, 0.25) is 0 Å². The lowest BCUT2D eigenvalue weighted by molar-refractivity contribution is -0.121. The first-order valence-corrected chi connectivity index (χ1v) is 12.6. The number of thiophene rings is 1. The standard InChI is InChI=1S/C25H19N3O4S3/c1-14-5-7-16(8-6-14)12-27-22(30)18(11-26)15(2)21(24(27)32)19(29)13-28-23(31)20(35-25(28)33)10-17-4-3-9-34-17/h3-10,32H,12-13H2,1-2H3/b20-10-. The van der Waals surface area contributed by atoms with Crippen molar-refractivity contribution in [3.05, 3.63) is 89.7 Å². The molecule has 1 aliphatic heterocycles. The minimum atomic E-state index is -0.691. The van der Waals surface area contributed by atoms with Crippen molar-refractivity contribution in [2.24, 2.45) is 0 Å². The van der Waals surface area contributed by atoms with Crippen LogP contribution in [0.15, 0.2) is 51.5 Å². The molecule has 1 aliphatic rings. The van der Waals surface area contributed by atoms with E-state index in [4.69, 9.17) is 12.2 Å². The van der Waals surface area contributed by atoms with Gasteiger partial charge >= 0.3 is 0 Å². The highest BCUT2D eigenvalue weighted by atomic mass is 32.2. The molecular weight excluding hydrogens is 502 g/mol. The minimum absolute atomic E-state index is 0.0230. The van der Waals surface area contributed by atoms with Gasteiger partial charge in [0.2, 0.25) is 5.88 Å². The molecule has 0 atom stereocenters. The van der Waals surface area contributed by atoms with Gasteiger partial charge < -0.3 is 5.11 Å². The van der Waals surface area contributed by atoms with Gasteiger partial charge in [-0.1, -0.05) is 59.9 Å². The van der Waals surface area contributed by atoms with Crippen LogP contribution in [-0.4, -0.2) is 37.1 Å². The predicted molar refractivity (Wildman–Crippen MR) is 141 cm³/mol. The fourth-order valence-corrected chi connectivity index (χ4v) is 5.65. The molecule has 1 aromatic carbocycles. The maximum Gasteiger partial charge on any atom is 0.271 e. The third kappa shape index (κ3) is 4.84. The van der Waals surface area contributed by atoms with E-state index in [1.165, 1.54) is 23.2 Å². The second-order valence-corrected chi connectivity index (χ2v) is 10.5. The molecule has 3 heterocycles. The molecule has 35 heavy (non-hydrogen) atoms. The van der Waals surface area contributed by atoms with Gasteiger partial charge in [0.15, 0.2) is 5.78 Å². The van der Waals surface area contributed by atoms with E-state index in [1.807, 2.05) is 42.6 Å². The van der Waals surface area contributed by atoms with E-state index in [-0.39, 0.29) is 27.6 Å². The molecule has 1 N–H and O–H groups in total. The molecule has 0 unspecified atom stereocenters. The number of rotatable bonds is 6. The third-order valence-electron chi connectivity index (χ3n) is 5.53. The molecule has 4 rings (SSSR count). The molecule has 1 fully saturated rings. The number of pyridine rings is 1. The summed E-state index contributed by atoms with van der Waals surface area (Å²) in [5.74, 6) is -1.58. The van der Waals surface area contributed by atoms with Gasteiger partial charge in [-0.2, -0.15) is 5.26 Å². The minimum Gasteiger partial charge on any atom is -0.494 e. The SMILES string of the molecule is Cc1ccc(Cn2c(O)c(C(=O)CN3C(=O)/C(=C/c4cccs4)SC3=S)c(C)c(C#N)c2=O)cc1. The Kier molecular flexibility index (Phi) is 7.03. The Bertz CT molecular complexity index is 1480. The van der Waals surface area contributed by atoms with Crippen molar-refractivity contribution < 1.29 is 14.7 Å². The van der Waals surface area contributed by atoms with Crippen molar-refractivity contribution in [1.82, 2.24) is 9.47 Å². The number of hydrogen-bond acceptors (Lipinski definition) is 8. The molecule has 1 saturated heterocycles. The number of carbonyl (C=O) groups is 2. The van der Waals surface area contributed by atoms with Crippen LogP contribution in [0.1, 0.15) is 37.5 Å². The number of benzene rings is 1. The van der Waals surface area contributed by atoms with Crippen LogP contribution in [0.5, 0.6) is 5.88 Å². The van der Waals surface area contributed by atoms with Gasteiger partial charge in [0.05, 0.1) is 23.6 Å². The number of ketones is 1. The Hall–Kier alpha value is -3.52. The lowest BCUT2D eigenvalue weighted by Gasteiger charge is -2.18. The maximum atomic E-state index is 13.3. The highest BCUT2D eigenvalue weighted by molar-refractivity contribution is 8.26. The van der Waals surface area contributed by atoms with E-state index in [0.717, 1.165) is 32.3 Å². The molecule has 0 saturated carbocycles. The van der Waals surface area contributed by atoms with E-state index in [0.29, 0.717) is 4.91 Å². The zero-order valence-electron chi connectivity index (χ0n) is 18.8. The summed E-state index contributed by atoms with van der Waals surface area (Å²) in [7, 11) is 0. The first-order valence-electron chi connectivity index (χ1n) is 10.4. The summed E-state index contributed by atoms with van der Waals surface area (Å²) in [4.78, 5) is 41.6. The van der Waals surface area contributed by atoms with Crippen LogP contribution in [0.25, 0.3) is 6.08 Å². The van der Waals surface area contributed by atoms with E-state index < -0.39 is 29.7 Å². The number of aromatic hydroxyl groups is 1. The molecule has 7 nitrogen and oxygen atoms in total. The van der Waals surface area contributed by atoms with Gasteiger partial charge in [0.25, 0.3) is 11.5 Å². The topological polar surface area (TPSA) is 103 Å². The molecule has 1 amide bonds. The van der Waals surface area contributed by atoms with Crippen LogP contribution in [0, 0.1) is 25.2 Å². The van der Waals surface area contributed by atoms with Crippen LogP contribution >= 0.6 is 35.3 Å². The quantitative estimate of drug-likeness (QED) is 0.294. The summed E-state index contributed by atoms with van der Waals surface area (Å²) in [5.41, 5.74) is 0.712. The number of aromatic nitrogens is 1. The van der Waals surface area contributed by atoms with Crippen LogP contribution < -0.4 is 5.56 Å². The maximum absolute atomic E-state index is 13.3. The summed E-state index contributed by atoms with van der Waals surface area (Å²) < 4.78 is 1.22. The normalized spacial score (nSPS) is 14.5. The largest absolute Gasteiger partial charge is 0.494 e. The number of thioether (sulfide) groups is 1. The molecule has 0 spiro atoms. The third-order valence-corrected chi connectivity index (χ3v) is 7.73. The monoisotopic (exact) mass is 521 g/mol. The summed E-state index contributed by atoms with van der Waals surface area (Å²) in [5, 5.41) is 22.5. The second kappa shape index (κ2) is 10.00. The highest BCUT2D eigenvalue weighted by Crippen LogP contribution is 2.34. The van der Waals surface area contributed by atoms with Crippen molar-refractivity contribution >= 4 is 57.4 Å². The number of thiocarbonyl (C=S) groups is 1. The van der Waals surface area contributed by atoms with E-state index in [2.05, 4.69) is 0 Å². The molecule has 176 valence electrons. The predicted octanol–water partition coefficient (Wildman–Crippen LogP) is 4.24. The van der Waals surface area contributed by atoms with Crippen LogP contribution in [0.4, 0.5) is 0 Å². The Labute approximate surface area is 214 Å². The molecule has 0 aliphatic carbocycles. The molecule has 3 aromatic rings. The summed E-state index contributed by atoms with van der Waals surface area (Å²) in [6.07, 6.45) is 1.71. The van der Waals surface area contributed by atoms with Crippen molar-refractivity contribution in [3.8, 4) is 11.9 Å². The van der Waals surface area contributed by atoms with Gasteiger partial charge in [-0.3, -0.25) is 23.9 Å². The zero-order chi connectivity index (χ0) is 25.3. The van der Waals surface area contributed by atoms with Crippen molar-refractivity contribution in [1.29, 1.82) is 5.26 Å². The second-order valence-electron chi connectivity index (χ2n) is 7.89. The molecule has 0 radical (unpaired) electrons. The first kappa shape index (κ1) is 24.6. The molecule has 0 bridgehead atoms. The van der Waals surface area contributed by atoms with Gasteiger partial charge in [-0.05, 0) is 42.5 Å². The van der Waals surface area contributed by atoms with Crippen molar-refractivity contribution in [2.45, 2.75) is 20.4 Å². The molecular formula is C25H19N3O4S3. The first-order chi connectivity index (χ1) is 16.7. The van der Waals surface area contributed by atoms with Crippen LogP contribution in [-0.2, 0) is 11.3 Å². The number of amides is 1. The Balaban J connectivity index is 1.68. The number of Topliss-reactive ketones (excluding diaryl/α,β-unsaturated/α-hetero) is 1. The number of carbonyl (C=O) groups excluding carboxylic acids is 2. The number of nitriles is 1. The van der Waals surface area contributed by atoms with Crippen molar-refractivity contribution in [2.75, 3.05) is 6.54 Å². The number of nitrogens with zero attached hydrogens (tertiary/aromatic N) is 3. The Morgan fingerprint density at radius 1 is 1.20 bits per heavy atom. The number of aryl methyl sites for hydroxylation is 1. The van der Waals surface area contributed by atoms with E-state index in [9.17, 15) is 24.8 Å². The zero-order valence-corrected chi connectivity index (χ0v) is 21.2. The van der Waals surface area contributed by atoms with Gasteiger partial charge in [-0.25, -0.2) is 0 Å². The Morgan fingerprint density at radius 3 is 2.54 bits per heavy atom. The summed E-state index contributed by atoms with van der Waals surface area (Å²) in [6, 6.07) is 12.9. The van der Waals surface area contributed by atoms with E-state index >= 15 is 0 Å². The fourth-order valence-electron chi connectivity index (χ4n) is 3.67. The Morgan fingerprint density at radius 2 is 1.91 bits per heavy atom. The smallest absolute Gasteiger partial charge is 0.271 e. The average Bonchev–Trinajstić information content (AvgIpc) is 3.42. The van der Waals surface area contributed by atoms with Gasteiger partial charge in [0.1, 0.15) is 16.0 Å². The van der Waals surface area contributed by atoms with Gasteiger partial charge in [0, 0.05) is 4.88 Å². The lowest BCUT2D eigenvalue weighted by Crippen LogP contribution is -2.35.